The van der Waals surface area contributed by atoms with Crippen molar-refractivity contribution in [3.63, 3.8) is 0 Å². The molecule has 2 rings (SSSR count). The van der Waals surface area contributed by atoms with Gasteiger partial charge in [0.2, 0.25) is 0 Å². The first-order valence-electron chi connectivity index (χ1n) is 6.69. The fourth-order valence-corrected chi connectivity index (χ4v) is 2.67. The lowest BCUT2D eigenvalue weighted by Crippen LogP contribution is -2.44. The van der Waals surface area contributed by atoms with Crippen LogP contribution in [0.2, 0.25) is 10.3 Å². The van der Waals surface area contributed by atoms with Crippen molar-refractivity contribution in [1.29, 1.82) is 0 Å². The molecule has 0 saturated carbocycles. The number of carbonyl (C=O) groups is 2. The van der Waals surface area contributed by atoms with Gasteiger partial charge in [-0.2, -0.15) is 0 Å². The van der Waals surface area contributed by atoms with Gasteiger partial charge in [-0.3, -0.25) is 10.1 Å². The highest BCUT2D eigenvalue weighted by Crippen LogP contribution is 2.20. The number of nitrogens with one attached hydrogen (secondary N) is 2. The summed E-state index contributed by atoms with van der Waals surface area (Å²) >= 11 is 11.2. The van der Waals surface area contributed by atoms with Crippen molar-refractivity contribution >= 4 is 35.1 Å². The van der Waals surface area contributed by atoms with E-state index in [4.69, 9.17) is 23.2 Å². The van der Waals surface area contributed by atoms with Gasteiger partial charge in [0.05, 0.1) is 5.56 Å². The molecule has 3 amide bonds. The van der Waals surface area contributed by atoms with Crippen LogP contribution in [0.4, 0.5) is 9.18 Å². The lowest BCUT2D eigenvalue weighted by Gasteiger charge is -2.19. The van der Waals surface area contributed by atoms with E-state index >= 15 is 0 Å². The topological polar surface area (TPSA) is 74.3 Å². The number of imide groups is 1. The minimum atomic E-state index is -0.885. The molecule has 1 aliphatic rings. The molecule has 2 N–H and O–H groups in total. The molecule has 22 heavy (non-hydrogen) atoms. The van der Waals surface area contributed by atoms with Gasteiger partial charge in [0.25, 0.3) is 5.91 Å². The van der Waals surface area contributed by atoms with Gasteiger partial charge in [-0.05, 0) is 32.5 Å². The molecule has 0 aromatic carbocycles. The average molecular weight is 349 g/mol. The summed E-state index contributed by atoms with van der Waals surface area (Å²) in [5.41, 5.74) is -0.253. The Balaban J connectivity index is 1.91. The quantitative estimate of drug-likeness (QED) is 0.820. The maximum absolute atomic E-state index is 13.3. The van der Waals surface area contributed by atoms with Crippen LogP contribution >= 0.6 is 23.2 Å². The third kappa shape index (κ3) is 4.06. The Labute approximate surface area is 137 Å². The van der Waals surface area contributed by atoms with Crippen molar-refractivity contribution in [2.24, 2.45) is 0 Å². The molecule has 0 radical (unpaired) electrons. The first-order chi connectivity index (χ1) is 10.4. The van der Waals surface area contributed by atoms with Gasteiger partial charge in [-0.1, -0.05) is 23.2 Å². The van der Waals surface area contributed by atoms with Crippen molar-refractivity contribution < 1.29 is 14.0 Å². The minimum absolute atomic E-state index is 0.249. The SMILES string of the molecule is CN1CCC[C@H]1CNC(=O)NC(=O)c1cc(F)c(Cl)nc1Cl. The van der Waals surface area contributed by atoms with E-state index in [1.807, 2.05) is 7.05 Å². The molecule has 1 atom stereocenters. The molecule has 9 heteroatoms. The zero-order chi connectivity index (χ0) is 16.3. The van der Waals surface area contributed by atoms with E-state index in [9.17, 15) is 14.0 Å². The third-order valence-corrected chi connectivity index (χ3v) is 4.08. The zero-order valence-electron chi connectivity index (χ0n) is 11.8. The van der Waals surface area contributed by atoms with E-state index in [1.165, 1.54) is 0 Å². The second kappa shape index (κ2) is 7.21. The molecule has 120 valence electrons. The zero-order valence-corrected chi connectivity index (χ0v) is 13.3. The smallest absolute Gasteiger partial charge is 0.321 e. The Kier molecular flexibility index (Phi) is 5.55. The van der Waals surface area contributed by atoms with Crippen LogP contribution in [0.5, 0.6) is 0 Å². The number of carbonyl (C=O) groups excluding carboxylic acids is 2. The lowest BCUT2D eigenvalue weighted by molar-refractivity contribution is 0.0963. The number of amides is 3. The largest absolute Gasteiger partial charge is 0.336 e. The van der Waals surface area contributed by atoms with Crippen molar-refractivity contribution in [3.8, 4) is 0 Å². The van der Waals surface area contributed by atoms with E-state index in [0.717, 1.165) is 25.5 Å². The normalized spacial score (nSPS) is 18.3. The predicted molar refractivity (Wildman–Crippen MR) is 80.7 cm³/mol. The van der Waals surface area contributed by atoms with Gasteiger partial charge >= 0.3 is 6.03 Å². The van der Waals surface area contributed by atoms with Crippen molar-refractivity contribution in [3.05, 3.63) is 27.8 Å². The monoisotopic (exact) mass is 348 g/mol. The van der Waals surface area contributed by atoms with Crippen LogP contribution in [0.3, 0.4) is 0 Å². The molecule has 1 aromatic rings. The van der Waals surface area contributed by atoms with Crippen LogP contribution in [0.25, 0.3) is 0 Å². The molecular weight excluding hydrogens is 334 g/mol. The third-order valence-electron chi connectivity index (χ3n) is 3.53. The molecule has 1 saturated heterocycles. The summed E-state index contributed by atoms with van der Waals surface area (Å²) in [6.07, 6.45) is 2.07. The molecule has 0 aliphatic carbocycles. The summed E-state index contributed by atoms with van der Waals surface area (Å²) in [6.45, 7) is 1.41. The number of likely N-dealkylation sites (N-methyl/N-ethyl adjacent to an activating group) is 1. The number of hydrogen-bond donors (Lipinski definition) is 2. The molecule has 1 aliphatic heterocycles. The highest BCUT2D eigenvalue weighted by atomic mass is 35.5. The summed E-state index contributed by atoms with van der Waals surface area (Å²) in [5.74, 6) is -1.73. The van der Waals surface area contributed by atoms with Crippen molar-refractivity contribution in [1.82, 2.24) is 20.5 Å². The fraction of sp³-hybridized carbons (Fsp3) is 0.462. The van der Waals surface area contributed by atoms with Gasteiger partial charge in [0.1, 0.15) is 5.15 Å². The second-order valence-electron chi connectivity index (χ2n) is 5.04. The fourth-order valence-electron chi connectivity index (χ4n) is 2.27. The summed E-state index contributed by atoms with van der Waals surface area (Å²) < 4.78 is 13.3. The molecule has 1 fully saturated rings. The molecule has 1 aromatic heterocycles. The van der Waals surface area contributed by atoms with E-state index in [1.54, 1.807) is 0 Å². The maximum Gasteiger partial charge on any atom is 0.321 e. The van der Waals surface area contributed by atoms with Crippen LogP contribution < -0.4 is 10.6 Å². The molecule has 2 heterocycles. The Bertz CT molecular complexity index is 600. The Hall–Kier alpha value is -1.44. The summed E-state index contributed by atoms with van der Waals surface area (Å²) in [4.78, 5) is 29.2. The summed E-state index contributed by atoms with van der Waals surface area (Å²) in [6, 6.07) is 0.418. The van der Waals surface area contributed by atoms with E-state index in [0.29, 0.717) is 6.54 Å². The standard InChI is InChI=1S/C13H15Cl2FN4O2/c1-20-4-2-3-7(20)6-17-13(22)19-12(21)8-5-9(16)11(15)18-10(8)14/h5,7H,2-4,6H2,1H3,(H2,17,19,21,22)/t7-/m0/s1. The highest BCUT2D eigenvalue weighted by Gasteiger charge is 2.22. The van der Waals surface area contributed by atoms with Crippen LogP contribution in [0, 0.1) is 5.82 Å². The molecule has 0 bridgehead atoms. The Morgan fingerprint density at radius 2 is 2.18 bits per heavy atom. The van der Waals surface area contributed by atoms with Crippen LogP contribution in [0.15, 0.2) is 6.07 Å². The van der Waals surface area contributed by atoms with E-state index in [2.05, 4.69) is 20.5 Å². The first-order valence-corrected chi connectivity index (χ1v) is 7.45. The summed E-state index contributed by atoms with van der Waals surface area (Å²) in [5, 5.41) is 3.98. The van der Waals surface area contributed by atoms with Crippen LogP contribution in [-0.2, 0) is 0 Å². The van der Waals surface area contributed by atoms with Gasteiger partial charge in [-0.15, -0.1) is 0 Å². The summed E-state index contributed by atoms with van der Waals surface area (Å²) in [7, 11) is 1.98. The number of pyridine rings is 1. The number of urea groups is 1. The van der Waals surface area contributed by atoms with Gasteiger partial charge in [-0.25, -0.2) is 14.2 Å². The maximum atomic E-state index is 13.3. The van der Waals surface area contributed by atoms with Gasteiger partial charge < -0.3 is 10.2 Å². The second-order valence-corrected chi connectivity index (χ2v) is 5.76. The van der Waals surface area contributed by atoms with Gasteiger partial charge in [0, 0.05) is 12.6 Å². The first kappa shape index (κ1) is 16.9. The van der Waals surface area contributed by atoms with Crippen LogP contribution in [0.1, 0.15) is 23.2 Å². The molecule has 0 unspecified atom stereocenters. The van der Waals surface area contributed by atoms with Crippen LogP contribution in [-0.4, -0.2) is 48.0 Å². The number of halogens is 3. The predicted octanol–water partition coefficient (Wildman–Crippen LogP) is 2.06. The Morgan fingerprint density at radius 3 is 2.82 bits per heavy atom. The molecule has 0 spiro atoms. The number of aromatic nitrogens is 1. The average Bonchev–Trinajstić information content (AvgIpc) is 2.86. The Morgan fingerprint density at radius 1 is 1.45 bits per heavy atom. The molecular formula is C13H15Cl2FN4O2. The highest BCUT2D eigenvalue weighted by molar-refractivity contribution is 6.35. The lowest BCUT2D eigenvalue weighted by atomic mass is 10.2. The number of hydrogen-bond acceptors (Lipinski definition) is 4. The van der Waals surface area contributed by atoms with E-state index in [-0.39, 0.29) is 16.8 Å². The number of likely N-dealkylation sites (tertiary alicyclic amines) is 1. The van der Waals surface area contributed by atoms with Gasteiger partial charge in [0.15, 0.2) is 11.0 Å². The number of rotatable bonds is 3. The van der Waals surface area contributed by atoms with Crippen molar-refractivity contribution in [2.45, 2.75) is 18.9 Å². The minimum Gasteiger partial charge on any atom is -0.336 e. The molecule has 6 nitrogen and oxygen atoms in total. The van der Waals surface area contributed by atoms with E-state index < -0.39 is 22.9 Å². The van der Waals surface area contributed by atoms with Crippen molar-refractivity contribution in [2.75, 3.05) is 20.1 Å². The number of nitrogens with zero attached hydrogens (tertiary/aromatic N) is 2.